The number of ether oxygens (including phenoxy) is 1. The Labute approximate surface area is 112 Å². The number of halogens is 1. The maximum Gasteiger partial charge on any atom is 0.148 e. The van der Waals surface area contributed by atoms with E-state index in [1.807, 2.05) is 24.3 Å². The van der Waals surface area contributed by atoms with Gasteiger partial charge in [0.1, 0.15) is 11.6 Å². The minimum absolute atomic E-state index is 0.369. The Morgan fingerprint density at radius 3 is 2.53 bits per heavy atom. The summed E-state index contributed by atoms with van der Waals surface area (Å²) in [6.45, 7) is 2.75. The van der Waals surface area contributed by atoms with Crippen LogP contribution in [-0.4, -0.2) is 6.61 Å². The van der Waals surface area contributed by atoms with Gasteiger partial charge < -0.3 is 15.8 Å². The third kappa shape index (κ3) is 3.61. The van der Waals surface area contributed by atoms with E-state index in [9.17, 15) is 4.39 Å². The van der Waals surface area contributed by atoms with Crippen LogP contribution < -0.4 is 15.8 Å². The molecule has 2 aromatic rings. The van der Waals surface area contributed by atoms with Crippen molar-refractivity contribution in [1.82, 2.24) is 0 Å². The topological polar surface area (TPSA) is 47.3 Å². The first-order valence-corrected chi connectivity index (χ1v) is 6.24. The van der Waals surface area contributed by atoms with E-state index in [0.29, 0.717) is 18.0 Å². The number of hydrogen-bond acceptors (Lipinski definition) is 3. The van der Waals surface area contributed by atoms with Gasteiger partial charge in [-0.15, -0.1) is 0 Å². The highest BCUT2D eigenvalue weighted by atomic mass is 19.1. The van der Waals surface area contributed by atoms with Crippen LogP contribution in [0, 0.1) is 5.82 Å². The summed E-state index contributed by atoms with van der Waals surface area (Å²) in [6, 6.07) is 12.0. The van der Waals surface area contributed by atoms with E-state index in [-0.39, 0.29) is 5.82 Å². The molecular weight excluding hydrogens is 243 g/mol. The molecule has 0 atom stereocenters. The van der Waals surface area contributed by atoms with Gasteiger partial charge in [0.05, 0.1) is 12.3 Å². The molecule has 3 nitrogen and oxygen atoms in total. The predicted octanol–water partition coefficient (Wildman–Crippen LogP) is 3.94. The van der Waals surface area contributed by atoms with Gasteiger partial charge in [-0.3, -0.25) is 0 Å². The first-order chi connectivity index (χ1) is 9.19. The van der Waals surface area contributed by atoms with E-state index in [4.69, 9.17) is 10.5 Å². The molecule has 0 aromatic heterocycles. The number of hydrogen-bond donors (Lipinski definition) is 2. The molecule has 3 N–H and O–H groups in total. The summed E-state index contributed by atoms with van der Waals surface area (Å²) in [6.07, 6.45) is 0.969. The van der Waals surface area contributed by atoms with Crippen molar-refractivity contribution in [3.63, 3.8) is 0 Å². The fourth-order valence-electron chi connectivity index (χ4n) is 1.64. The third-order valence-corrected chi connectivity index (χ3v) is 2.60. The second-order valence-electron chi connectivity index (χ2n) is 4.24. The largest absolute Gasteiger partial charge is 0.494 e. The smallest absolute Gasteiger partial charge is 0.148 e. The molecule has 2 rings (SSSR count). The van der Waals surface area contributed by atoms with Crippen LogP contribution in [0.5, 0.6) is 5.75 Å². The highest BCUT2D eigenvalue weighted by molar-refractivity contribution is 5.63. The Morgan fingerprint density at radius 1 is 1.16 bits per heavy atom. The molecule has 0 saturated heterocycles. The molecule has 0 aliphatic heterocycles. The zero-order chi connectivity index (χ0) is 13.7. The SMILES string of the molecule is CCCOc1ccc(Nc2ccc(N)cc2F)cc1. The molecule has 0 spiro atoms. The van der Waals surface area contributed by atoms with E-state index in [1.165, 1.54) is 6.07 Å². The van der Waals surface area contributed by atoms with Gasteiger partial charge in [-0.05, 0) is 48.9 Å². The standard InChI is InChI=1S/C15H17FN2O/c1-2-9-19-13-6-4-12(5-7-13)18-15-8-3-11(17)10-14(15)16/h3-8,10,18H,2,9,17H2,1H3. The molecule has 0 aliphatic rings. The Bertz CT molecular complexity index is 540. The van der Waals surface area contributed by atoms with E-state index >= 15 is 0 Å². The van der Waals surface area contributed by atoms with Gasteiger partial charge in [0.2, 0.25) is 0 Å². The number of nitrogens with one attached hydrogen (secondary N) is 1. The molecule has 4 heteroatoms. The maximum atomic E-state index is 13.6. The summed E-state index contributed by atoms with van der Waals surface area (Å²) >= 11 is 0. The van der Waals surface area contributed by atoms with Crippen LogP contribution in [0.15, 0.2) is 42.5 Å². The number of nitrogens with two attached hydrogens (primary N) is 1. The summed E-state index contributed by atoms with van der Waals surface area (Å²) < 4.78 is 19.1. The van der Waals surface area contributed by atoms with Crippen LogP contribution in [0.4, 0.5) is 21.5 Å². The van der Waals surface area contributed by atoms with E-state index in [0.717, 1.165) is 17.9 Å². The summed E-state index contributed by atoms with van der Waals surface area (Å²) in [4.78, 5) is 0. The fraction of sp³-hybridized carbons (Fsp3) is 0.200. The van der Waals surface area contributed by atoms with E-state index < -0.39 is 0 Å². The molecule has 0 aliphatic carbocycles. The lowest BCUT2D eigenvalue weighted by Crippen LogP contribution is -1.97. The Morgan fingerprint density at radius 2 is 1.89 bits per heavy atom. The molecule has 0 bridgehead atoms. The van der Waals surface area contributed by atoms with Crippen LogP contribution in [-0.2, 0) is 0 Å². The summed E-state index contributed by atoms with van der Waals surface area (Å²) in [7, 11) is 0. The molecule has 0 heterocycles. The van der Waals surface area contributed by atoms with Crippen molar-refractivity contribution in [3.8, 4) is 5.75 Å². The lowest BCUT2D eigenvalue weighted by Gasteiger charge is -2.09. The Balaban J connectivity index is 2.06. The average molecular weight is 260 g/mol. The van der Waals surface area contributed by atoms with Crippen LogP contribution in [0.1, 0.15) is 13.3 Å². The van der Waals surface area contributed by atoms with Gasteiger partial charge in [-0.2, -0.15) is 0 Å². The zero-order valence-electron chi connectivity index (χ0n) is 10.8. The number of anilines is 3. The van der Waals surface area contributed by atoms with Gasteiger partial charge in [0.25, 0.3) is 0 Å². The number of benzene rings is 2. The van der Waals surface area contributed by atoms with Gasteiger partial charge in [0.15, 0.2) is 0 Å². The Hall–Kier alpha value is -2.23. The van der Waals surface area contributed by atoms with Crippen molar-refractivity contribution in [2.75, 3.05) is 17.7 Å². The number of rotatable bonds is 5. The van der Waals surface area contributed by atoms with E-state index in [2.05, 4.69) is 12.2 Å². The predicted molar refractivity (Wildman–Crippen MR) is 76.3 cm³/mol. The van der Waals surface area contributed by atoms with Crippen molar-refractivity contribution >= 4 is 17.1 Å². The average Bonchev–Trinajstić information content (AvgIpc) is 2.41. The second-order valence-corrected chi connectivity index (χ2v) is 4.24. The molecule has 0 saturated carbocycles. The minimum atomic E-state index is -0.369. The molecule has 19 heavy (non-hydrogen) atoms. The Kier molecular flexibility index (Phi) is 4.23. The summed E-state index contributed by atoms with van der Waals surface area (Å²) in [5.74, 6) is 0.441. The summed E-state index contributed by atoms with van der Waals surface area (Å²) in [5, 5.41) is 3.00. The van der Waals surface area contributed by atoms with Crippen LogP contribution in [0.3, 0.4) is 0 Å². The van der Waals surface area contributed by atoms with Crippen LogP contribution >= 0.6 is 0 Å². The highest BCUT2D eigenvalue weighted by Gasteiger charge is 2.03. The molecule has 100 valence electrons. The van der Waals surface area contributed by atoms with Crippen molar-refractivity contribution < 1.29 is 9.13 Å². The first kappa shape index (κ1) is 13.2. The normalized spacial score (nSPS) is 10.2. The lowest BCUT2D eigenvalue weighted by atomic mass is 10.2. The van der Waals surface area contributed by atoms with Gasteiger partial charge in [-0.25, -0.2) is 4.39 Å². The van der Waals surface area contributed by atoms with Gasteiger partial charge in [-0.1, -0.05) is 6.92 Å². The number of nitrogen functional groups attached to an aromatic ring is 1. The first-order valence-electron chi connectivity index (χ1n) is 6.24. The van der Waals surface area contributed by atoms with Gasteiger partial charge in [0, 0.05) is 11.4 Å². The van der Waals surface area contributed by atoms with Crippen molar-refractivity contribution in [3.05, 3.63) is 48.3 Å². The monoisotopic (exact) mass is 260 g/mol. The maximum absolute atomic E-state index is 13.6. The second kappa shape index (κ2) is 6.09. The minimum Gasteiger partial charge on any atom is -0.494 e. The fourth-order valence-corrected chi connectivity index (χ4v) is 1.64. The molecule has 2 aromatic carbocycles. The molecule has 0 amide bonds. The quantitative estimate of drug-likeness (QED) is 0.800. The van der Waals surface area contributed by atoms with E-state index in [1.54, 1.807) is 12.1 Å². The molecule has 0 radical (unpaired) electrons. The molecule has 0 fully saturated rings. The van der Waals surface area contributed by atoms with Gasteiger partial charge >= 0.3 is 0 Å². The molecule has 0 unspecified atom stereocenters. The lowest BCUT2D eigenvalue weighted by molar-refractivity contribution is 0.317. The van der Waals surface area contributed by atoms with Crippen molar-refractivity contribution in [2.45, 2.75) is 13.3 Å². The zero-order valence-corrected chi connectivity index (χ0v) is 10.8. The van der Waals surface area contributed by atoms with Crippen molar-refractivity contribution in [2.24, 2.45) is 0 Å². The molecular formula is C15H17FN2O. The highest BCUT2D eigenvalue weighted by Crippen LogP contribution is 2.23. The third-order valence-electron chi connectivity index (χ3n) is 2.60. The summed E-state index contributed by atoms with van der Waals surface area (Å²) in [5.41, 5.74) is 7.11. The van der Waals surface area contributed by atoms with Crippen LogP contribution in [0.2, 0.25) is 0 Å². The van der Waals surface area contributed by atoms with Crippen molar-refractivity contribution in [1.29, 1.82) is 0 Å². The van der Waals surface area contributed by atoms with Crippen LogP contribution in [0.25, 0.3) is 0 Å².